The molecule has 0 spiro atoms. The van der Waals surface area contributed by atoms with Gasteiger partial charge in [0.15, 0.2) is 0 Å². The number of methoxy groups -OCH3 is 1. The van der Waals surface area contributed by atoms with Crippen LogP contribution in [0.2, 0.25) is 5.02 Å². The Bertz CT molecular complexity index is 512. The molecule has 1 aliphatic carbocycles. The number of nitrogens with two attached hydrogens (primary N) is 1. The highest BCUT2D eigenvalue weighted by atomic mass is 35.5. The number of ether oxygens (including phenoxy) is 2. The molecular formula is C17H24ClNO2. The van der Waals surface area contributed by atoms with Gasteiger partial charge in [0.1, 0.15) is 5.75 Å². The number of benzene rings is 1. The van der Waals surface area contributed by atoms with Gasteiger partial charge in [0.25, 0.3) is 0 Å². The quantitative estimate of drug-likeness (QED) is 0.926. The molecule has 0 bridgehead atoms. The molecular weight excluding hydrogens is 286 g/mol. The van der Waals surface area contributed by atoms with Gasteiger partial charge in [-0.1, -0.05) is 30.9 Å². The van der Waals surface area contributed by atoms with E-state index < -0.39 is 0 Å². The maximum Gasteiger partial charge on any atom is 0.125 e. The molecule has 2 aliphatic rings. The summed E-state index contributed by atoms with van der Waals surface area (Å²) < 4.78 is 11.6. The van der Waals surface area contributed by atoms with E-state index in [0.29, 0.717) is 0 Å². The van der Waals surface area contributed by atoms with E-state index in [-0.39, 0.29) is 11.6 Å². The van der Waals surface area contributed by atoms with E-state index in [1.165, 1.54) is 24.8 Å². The van der Waals surface area contributed by atoms with Gasteiger partial charge in [-0.05, 0) is 42.5 Å². The maximum absolute atomic E-state index is 6.55. The zero-order valence-electron chi connectivity index (χ0n) is 12.7. The molecule has 0 aromatic heterocycles. The van der Waals surface area contributed by atoms with Gasteiger partial charge >= 0.3 is 0 Å². The Kier molecular flexibility index (Phi) is 4.43. The van der Waals surface area contributed by atoms with Gasteiger partial charge in [0.05, 0.1) is 12.2 Å². The summed E-state index contributed by atoms with van der Waals surface area (Å²) in [4.78, 5) is 0. The van der Waals surface area contributed by atoms with Crippen molar-refractivity contribution in [2.45, 2.75) is 56.6 Å². The highest BCUT2D eigenvalue weighted by Crippen LogP contribution is 2.38. The Morgan fingerprint density at radius 3 is 2.81 bits per heavy atom. The third kappa shape index (κ3) is 2.92. The van der Waals surface area contributed by atoms with Crippen molar-refractivity contribution in [1.82, 2.24) is 0 Å². The third-order valence-electron chi connectivity index (χ3n) is 5.05. The van der Waals surface area contributed by atoms with E-state index in [2.05, 4.69) is 0 Å². The summed E-state index contributed by atoms with van der Waals surface area (Å²) in [5, 5.41) is 0.775. The smallest absolute Gasteiger partial charge is 0.125 e. The van der Waals surface area contributed by atoms with Crippen LogP contribution in [-0.4, -0.2) is 25.4 Å². The summed E-state index contributed by atoms with van der Waals surface area (Å²) >= 11 is 6.24. The van der Waals surface area contributed by atoms with Gasteiger partial charge in [-0.3, -0.25) is 0 Å². The lowest BCUT2D eigenvalue weighted by Crippen LogP contribution is -2.51. The second kappa shape index (κ2) is 6.15. The predicted molar refractivity (Wildman–Crippen MR) is 85.2 cm³/mol. The van der Waals surface area contributed by atoms with Crippen molar-refractivity contribution in [2.75, 3.05) is 13.7 Å². The van der Waals surface area contributed by atoms with Crippen molar-refractivity contribution >= 4 is 11.6 Å². The van der Waals surface area contributed by atoms with E-state index in [0.717, 1.165) is 48.6 Å². The Morgan fingerprint density at radius 2 is 2.10 bits per heavy atom. The van der Waals surface area contributed by atoms with Crippen LogP contribution in [0.4, 0.5) is 0 Å². The molecule has 1 atom stereocenters. The largest absolute Gasteiger partial charge is 0.493 e. The van der Waals surface area contributed by atoms with E-state index in [1.54, 1.807) is 7.11 Å². The fraction of sp³-hybridized carbons (Fsp3) is 0.647. The molecule has 3 nitrogen and oxygen atoms in total. The highest BCUT2D eigenvalue weighted by Gasteiger charge is 2.38. The molecule has 21 heavy (non-hydrogen) atoms. The second-order valence-electron chi connectivity index (χ2n) is 6.29. The van der Waals surface area contributed by atoms with Crippen molar-refractivity contribution in [1.29, 1.82) is 0 Å². The van der Waals surface area contributed by atoms with Crippen LogP contribution in [-0.2, 0) is 17.6 Å². The van der Waals surface area contributed by atoms with Gasteiger partial charge < -0.3 is 15.2 Å². The van der Waals surface area contributed by atoms with Crippen molar-refractivity contribution in [3.8, 4) is 5.75 Å². The molecule has 1 aromatic carbocycles. The molecule has 0 radical (unpaired) electrons. The lowest BCUT2D eigenvalue weighted by Gasteiger charge is -2.41. The summed E-state index contributed by atoms with van der Waals surface area (Å²) in [5.41, 5.74) is 8.70. The van der Waals surface area contributed by atoms with Crippen molar-refractivity contribution in [2.24, 2.45) is 5.73 Å². The van der Waals surface area contributed by atoms with Gasteiger partial charge in [-0.25, -0.2) is 0 Å². The first kappa shape index (κ1) is 15.1. The van der Waals surface area contributed by atoms with Gasteiger partial charge in [-0.15, -0.1) is 0 Å². The summed E-state index contributed by atoms with van der Waals surface area (Å²) in [6.45, 7) is 0.743. The SMILES string of the molecule is COC1(C(N)Cc2cc(Cl)cc3c2OCC3)CCCCC1. The van der Waals surface area contributed by atoms with Crippen LogP contribution in [0.1, 0.15) is 43.2 Å². The Hall–Kier alpha value is -0.770. The molecule has 1 fully saturated rings. The maximum atomic E-state index is 6.55. The van der Waals surface area contributed by atoms with Crippen molar-refractivity contribution < 1.29 is 9.47 Å². The number of rotatable bonds is 4. The summed E-state index contributed by atoms with van der Waals surface area (Å²) in [5.74, 6) is 0.997. The van der Waals surface area contributed by atoms with Crippen LogP contribution in [0.3, 0.4) is 0 Å². The molecule has 2 N–H and O–H groups in total. The molecule has 0 saturated heterocycles. The number of hydrogen-bond acceptors (Lipinski definition) is 3. The first-order valence-electron chi connectivity index (χ1n) is 7.89. The van der Waals surface area contributed by atoms with Crippen LogP contribution in [0.25, 0.3) is 0 Å². The molecule has 1 aromatic rings. The Morgan fingerprint density at radius 1 is 1.33 bits per heavy atom. The topological polar surface area (TPSA) is 44.5 Å². The van der Waals surface area contributed by atoms with Crippen LogP contribution < -0.4 is 10.5 Å². The van der Waals surface area contributed by atoms with Gasteiger partial charge in [0, 0.05) is 24.6 Å². The minimum Gasteiger partial charge on any atom is -0.493 e. The van der Waals surface area contributed by atoms with Gasteiger partial charge in [-0.2, -0.15) is 0 Å². The summed E-state index contributed by atoms with van der Waals surface area (Å²) in [6, 6.07) is 3.98. The minimum absolute atomic E-state index is 0.0189. The molecule has 0 amide bonds. The number of fused-ring (bicyclic) bond motifs is 1. The fourth-order valence-corrected chi connectivity index (χ4v) is 4.06. The predicted octanol–water partition coefficient (Wildman–Crippen LogP) is 3.49. The van der Waals surface area contributed by atoms with E-state index in [1.807, 2.05) is 12.1 Å². The van der Waals surface area contributed by atoms with Crippen molar-refractivity contribution in [3.63, 3.8) is 0 Å². The number of halogens is 1. The standard InChI is InChI=1S/C17H24ClNO2/c1-20-17(6-3-2-4-7-17)15(19)11-13-10-14(18)9-12-5-8-21-16(12)13/h9-10,15H,2-8,11,19H2,1H3. The van der Waals surface area contributed by atoms with E-state index in [9.17, 15) is 0 Å². The first-order valence-corrected chi connectivity index (χ1v) is 8.27. The Balaban J connectivity index is 1.83. The van der Waals surface area contributed by atoms with Crippen LogP contribution >= 0.6 is 11.6 Å². The van der Waals surface area contributed by atoms with Crippen molar-refractivity contribution in [3.05, 3.63) is 28.3 Å². The average molecular weight is 310 g/mol. The summed E-state index contributed by atoms with van der Waals surface area (Å²) in [6.07, 6.45) is 7.48. The lowest BCUT2D eigenvalue weighted by atomic mass is 9.77. The average Bonchev–Trinajstić information content (AvgIpc) is 2.96. The van der Waals surface area contributed by atoms with E-state index in [4.69, 9.17) is 26.8 Å². The molecule has 1 aliphatic heterocycles. The normalized spacial score (nSPS) is 21.7. The van der Waals surface area contributed by atoms with Crippen LogP contribution in [0.5, 0.6) is 5.75 Å². The summed E-state index contributed by atoms with van der Waals surface area (Å²) in [7, 11) is 1.80. The third-order valence-corrected chi connectivity index (χ3v) is 5.27. The monoisotopic (exact) mass is 309 g/mol. The Labute approximate surface area is 131 Å². The number of hydrogen-bond donors (Lipinski definition) is 1. The molecule has 3 rings (SSSR count). The highest BCUT2D eigenvalue weighted by molar-refractivity contribution is 6.30. The van der Waals surface area contributed by atoms with Crippen LogP contribution in [0.15, 0.2) is 12.1 Å². The van der Waals surface area contributed by atoms with Gasteiger partial charge in [0.2, 0.25) is 0 Å². The molecule has 1 heterocycles. The second-order valence-corrected chi connectivity index (χ2v) is 6.73. The van der Waals surface area contributed by atoms with Crippen LogP contribution in [0, 0.1) is 0 Å². The molecule has 1 saturated carbocycles. The van der Waals surface area contributed by atoms with E-state index >= 15 is 0 Å². The fourth-order valence-electron chi connectivity index (χ4n) is 3.80. The minimum atomic E-state index is -0.188. The first-order chi connectivity index (χ1) is 10.1. The lowest BCUT2D eigenvalue weighted by molar-refractivity contribution is -0.0583. The molecule has 4 heteroatoms. The zero-order valence-corrected chi connectivity index (χ0v) is 13.4. The zero-order chi connectivity index (χ0) is 14.9. The molecule has 1 unspecified atom stereocenters. The molecule has 116 valence electrons.